The third kappa shape index (κ3) is 11.8. The Morgan fingerprint density at radius 1 is 1.06 bits per heavy atom. The lowest BCUT2D eigenvalue weighted by atomic mass is 10.2. The highest BCUT2D eigenvalue weighted by Gasteiger charge is 2.05. The summed E-state index contributed by atoms with van der Waals surface area (Å²) >= 11 is 7.50. The van der Waals surface area contributed by atoms with Crippen molar-refractivity contribution in [3.63, 3.8) is 0 Å². The van der Waals surface area contributed by atoms with Crippen LogP contribution >= 0.6 is 28.6 Å². The molecule has 0 aliphatic carbocycles. The first kappa shape index (κ1) is 30.1. The van der Waals surface area contributed by atoms with Crippen molar-refractivity contribution < 1.29 is 5.11 Å². The van der Waals surface area contributed by atoms with Gasteiger partial charge in [-0.3, -0.25) is 0 Å². The number of para-hydroxylation sites is 1. The van der Waals surface area contributed by atoms with Gasteiger partial charge in [-0.05, 0) is 66.0 Å². The van der Waals surface area contributed by atoms with E-state index in [-0.39, 0.29) is 0 Å². The minimum atomic E-state index is 0.368. The minimum Gasteiger partial charge on any atom is -0.508 e. The maximum atomic E-state index is 8.92. The maximum Gasteiger partial charge on any atom is 0.171 e. The normalized spacial score (nSPS) is 9.43. The predicted molar refractivity (Wildman–Crippen MR) is 154 cm³/mol. The summed E-state index contributed by atoms with van der Waals surface area (Å²) in [5.74, 6) is 1.31. The topological polar surface area (TPSA) is 74.5 Å². The number of anilines is 1. The number of allylic oxidation sites excluding steroid dienone is 1. The zero-order chi connectivity index (χ0) is 26.1. The fraction of sp³-hybridized carbons (Fsp3) is 0.259. The van der Waals surface area contributed by atoms with Crippen molar-refractivity contribution in [2.75, 3.05) is 18.4 Å². The number of halogens is 1. The maximum absolute atomic E-state index is 8.92. The van der Waals surface area contributed by atoms with Gasteiger partial charge in [0.2, 0.25) is 0 Å². The Labute approximate surface area is 223 Å². The van der Waals surface area contributed by atoms with Gasteiger partial charge in [-0.25, -0.2) is 4.98 Å². The van der Waals surface area contributed by atoms with Crippen molar-refractivity contribution in [2.24, 2.45) is 0 Å². The van der Waals surface area contributed by atoms with Gasteiger partial charge < -0.3 is 15.7 Å². The first-order chi connectivity index (χ1) is 16.9. The van der Waals surface area contributed by atoms with Crippen LogP contribution in [0.4, 0.5) is 5.82 Å². The van der Waals surface area contributed by atoms with Gasteiger partial charge in [0.1, 0.15) is 11.6 Å². The second kappa shape index (κ2) is 17.5. The molecule has 0 saturated heterocycles. The monoisotopic (exact) mass is 557 g/mol. The molecule has 0 aliphatic heterocycles. The van der Waals surface area contributed by atoms with E-state index in [4.69, 9.17) is 5.11 Å². The van der Waals surface area contributed by atoms with E-state index in [1.54, 1.807) is 23.0 Å². The number of nitrogens with one attached hydrogen (secondary N) is 2. The summed E-state index contributed by atoms with van der Waals surface area (Å²) in [5, 5.41) is 19.7. The van der Waals surface area contributed by atoms with Crippen LogP contribution < -0.4 is 10.6 Å². The molecule has 0 unspecified atom stereocenters. The average Bonchev–Trinajstić information content (AvgIpc) is 3.25. The summed E-state index contributed by atoms with van der Waals surface area (Å²) in [4.78, 5) is 5.27. The highest BCUT2D eigenvalue weighted by molar-refractivity contribution is 9.10. The molecule has 0 bridgehead atoms. The summed E-state index contributed by atoms with van der Waals surface area (Å²) in [5.41, 5.74) is 2.74. The third-order valence-electron chi connectivity index (χ3n) is 4.32. The molecule has 0 saturated carbocycles. The number of thiol groups is 1. The van der Waals surface area contributed by atoms with Crippen LogP contribution in [0.5, 0.6) is 5.75 Å². The van der Waals surface area contributed by atoms with E-state index >= 15 is 0 Å². The van der Waals surface area contributed by atoms with Gasteiger partial charge in [-0.1, -0.05) is 56.8 Å². The number of aromatic hydroxyl groups is 1. The Kier molecular flexibility index (Phi) is 15.0. The second-order valence-electron chi connectivity index (χ2n) is 7.17. The summed E-state index contributed by atoms with van der Waals surface area (Å²) in [6.45, 7) is 13.4. The third-order valence-corrected chi connectivity index (χ3v) is 5.17. The lowest BCUT2D eigenvalue weighted by molar-refractivity contribution is 0.471. The molecule has 4 aromatic rings. The molecule has 8 heteroatoms. The number of benzene rings is 2. The van der Waals surface area contributed by atoms with Gasteiger partial charge in [0.05, 0.1) is 10.7 Å². The first-order valence-electron chi connectivity index (χ1n) is 11.5. The van der Waals surface area contributed by atoms with Gasteiger partial charge >= 0.3 is 0 Å². The zero-order valence-corrected chi connectivity index (χ0v) is 23.4. The molecular weight excluding hydrogens is 522 g/mol. The van der Waals surface area contributed by atoms with Crippen LogP contribution in [-0.2, 0) is 0 Å². The van der Waals surface area contributed by atoms with Crippen molar-refractivity contribution in [1.82, 2.24) is 19.9 Å². The summed E-state index contributed by atoms with van der Waals surface area (Å²) in [6.07, 6.45) is 4.53. The summed E-state index contributed by atoms with van der Waals surface area (Å²) < 4.78 is 2.69. The molecule has 188 valence electrons. The second-order valence-corrected chi connectivity index (χ2v) is 8.54. The van der Waals surface area contributed by atoms with E-state index < -0.39 is 0 Å². The van der Waals surface area contributed by atoms with E-state index in [0.717, 1.165) is 51.6 Å². The molecule has 3 N–H and O–H groups in total. The van der Waals surface area contributed by atoms with Crippen LogP contribution in [-0.4, -0.2) is 32.8 Å². The molecule has 2 aromatic carbocycles. The van der Waals surface area contributed by atoms with Crippen molar-refractivity contribution >= 4 is 40.0 Å². The van der Waals surface area contributed by atoms with Crippen molar-refractivity contribution in [3.8, 4) is 5.75 Å². The minimum absolute atomic E-state index is 0.368. The van der Waals surface area contributed by atoms with Gasteiger partial charge in [0.15, 0.2) is 5.65 Å². The molecule has 0 spiro atoms. The lowest BCUT2D eigenvalue weighted by Crippen LogP contribution is -2.16. The molecule has 0 radical (unpaired) electrons. The van der Waals surface area contributed by atoms with Crippen LogP contribution in [0.3, 0.4) is 0 Å². The van der Waals surface area contributed by atoms with E-state index in [2.05, 4.69) is 55.9 Å². The molecule has 35 heavy (non-hydrogen) atoms. The lowest BCUT2D eigenvalue weighted by Gasteiger charge is -2.09. The number of aromatic nitrogens is 3. The number of nitrogens with zero attached hydrogens (tertiary/aromatic N) is 3. The molecule has 0 atom stereocenters. The average molecular weight is 559 g/mol. The molecule has 2 aromatic heterocycles. The number of phenols is 1. The Balaban J connectivity index is 0.000000296. The Morgan fingerprint density at radius 3 is 2.26 bits per heavy atom. The number of hydrogen-bond acceptors (Lipinski definition) is 6. The molecule has 0 amide bonds. The van der Waals surface area contributed by atoms with Crippen LogP contribution in [0, 0.1) is 6.92 Å². The van der Waals surface area contributed by atoms with E-state index in [1.807, 2.05) is 82.3 Å². The molecular formula is C27H36BrN5OS. The number of fused-ring (bicyclic) bond motifs is 1. The summed E-state index contributed by atoms with van der Waals surface area (Å²) in [6, 6.07) is 19.0. The number of aryl methyl sites for hydroxylation is 1. The van der Waals surface area contributed by atoms with Gasteiger partial charge in [-0.2, -0.15) is 9.61 Å². The quantitative estimate of drug-likeness (QED) is 0.150. The van der Waals surface area contributed by atoms with Gasteiger partial charge in [0.25, 0.3) is 0 Å². The Hall–Kier alpha value is -2.97. The fourth-order valence-electron chi connectivity index (χ4n) is 2.60. The standard InChI is InChI=1S/C12H16BrN5.C7H8O.C6H6S.C2H6/c1-9(2)14-5-3-6-15-11-4-7-16-12-10(13)8-17-18(11)12;1-6-4-2-3-5-7(6)8;7-6-4-2-1-3-5-6;1-2/h4,7-8,14-15H,1,3,5-6H2,2H3;2-5,8H,1H3;1-5,7H;1-2H3. The molecule has 0 aliphatic rings. The number of hydrogen-bond donors (Lipinski definition) is 4. The predicted octanol–water partition coefficient (Wildman–Crippen LogP) is 7.12. The Morgan fingerprint density at radius 2 is 1.71 bits per heavy atom. The van der Waals surface area contributed by atoms with Crippen LogP contribution in [0.15, 0.2) is 94.7 Å². The van der Waals surface area contributed by atoms with Gasteiger partial charge in [0, 0.05) is 29.9 Å². The zero-order valence-electron chi connectivity index (χ0n) is 20.9. The highest BCUT2D eigenvalue weighted by Crippen LogP contribution is 2.18. The smallest absolute Gasteiger partial charge is 0.171 e. The fourth-order valence-corrected chi connectivity index (χ4v) is 3.13. The van der Waals surface area contributed by atoms with Crippen LogP contribution in [0.2, 0.25) is 0 Å². The van der Waals surface area contributed by atoms with Crippen molar-refractivity contribution in [2.45, 2.75) is 39.0 Å². The largest absolute Gasteiger partial charge is 0.508 e. The Bertz CT molecular complexity index is 1110. The number of rotatable bonds is 6. The SMILES string of the molecule is C=C(C)NCCCNc1ccnc2c(Br)cnn12.CC.Cc1ccccc1O.Sc1ccccc1. The van der Waals surface area contributed by atoms with Gasteiger partial charge in [-0.15, -0.1) is 12.6 Å². The van der Waals surface area contributed by atoms with Crippen molar-refractivity contribution in [3.05, 3.63) is 95.4 Å². The molecule has 2 heterocycles. The van der Waals surface area contributed by atoms with Crippen LogP contribution in [0.1, 0.15) is 32.8 Å². The van der Waals surface area contributed by atoms with E-state index in [9.17, 15) is 0 Å². The van der Waals surface area contributed by atoms with Crippen molar-refractivity contribution in [1.29, 1.82) is 0 Å². The first-order valence-corrected chi connectivity index (χ1v) is 12.7. The molecule has 0 fully saturated rings. The molecule has 6 nitrogen and oxygen atoms in total. The summed E-state index contributed by atoms with van der Waals surface area (Å²) in [7, 11) is 0. The van der Waals surface area contributed by atoms with E-state index in [0.29, 0.717) is 5.75 Å². The highest BCUT2D eigenvalue weighted by atomic mass is 79.9. The van der Waals surface area contributed by atoms with E-state index in [1.165, 1.54) is 0 Å². The number of phenolic OH excluding ortho intramolecular Hbond substituents is 1. The molecule has 4 rings (SSSR count). The van der Waals surface area contributed by atoms with Crippen LogP contribution in [0.25, 0.3) is 5.65 Å².